The summed E-state index contributed by atoms with van der Waals surface area (Å²) in [4.78, 5) is 0. The fraction of sp³-hybridized carbons (Fsp3) is 0.647. The molecular weight excluding hydrogens is 299 g/mol. The average Bonchev–Trinajstić information content (AvgIpc) is 2.41. The van der Waals surface area contributed by atoms with E-state index in [1.54, 1.807) is 12.1 Å². The van der Waals surface area contributed by atoms with E-state index in [4.69, 9.17) is 13.9 Å². The summed E-state index contributed by atoms with van der Waals surface area (Å²) in [7, 11) is -0.654. The van der Waals surface area contributed by atoms with Crippen molar-refractivity contribution in [3.63, 3.8) is 0 Å². The maximum atomic E-state index is 13.1. The Labute approximate surface area is 136 Å². The molecule has 0 aliphatic carbocycles. The highest BCUT2D eigenvalue weighted by Gasteiger charge is 2.13. The monoisotopic (exact) mass is 328 g/mol. The first-order chi connectivity index (χ1) is 10.5. The molecule has 1 aromatic rings. The third-order valence-corrected chi connectivity index (χ3v) is 4.32. The zero-order valence-electron chi connectivity index (χ0n) is 14.2. The molecule has 0 spiro atoms. The van der Waals surface area contributed by atoms with Crippen molar-refractivity contribution >= 4 is 9.76 Å². The number of benzene rings is 1. The molecule has 0 radical (unpaired) electrons. The molecule has 0 saturated carbocycles. The lowest BCUT2D eigenvalue weighted by atomic mass is 10.1. The van der Waals surface area contributed by atoms with E-state index in [1.807, 2.05) is 33.8 Å². The first-order valence-corrected chi connectivity index (χ1v) is 9.72. The molecular formula is C17H29FO3Si. The summed E-state index contributed by atoms with van der Waals surface area (Å²) >= 11 is 0. The number of aryl methyl sites for hydroxylation is 1. The molecule has 0 fully saturated rings. The Balaban J connectivity index is 2.14. The maximum absolute atomic E-state index is 13.1. The third-order valence-electron chi connectivity index (χ3n) is 3.02. The summed E-state index contributed by atoms with van der Waals surface area (Å²) in [6.07, 6.45) is 3.25. The van der Waals surface area contributed by atoms with Crippen molar-refractivity contribution in [2.24, 2.45) is 0 Å². The Kier molecular flexibility index (Phi) is 9.55. The van der Waals surface area contributed by atoms with E-state index in [0.717, 1.165) is 30.9 Å². The van der Waals surface area contributed by atoms with Gasteiger partial charge in [0.1, 0.15) is 5.82 Å². The summed E-state index contributed by atoms with van der Waals surface area (Å²) in [6, 6.07) is 7.90. The number of halogens is 1. The molecule has 1 rings (SSSR count). The highest BCUT2D eigenvalue weighted by Crippen LogP contribution is 2.10. The van der Waals surface area contributed by atoms with Gasteiger partial charge in [-0.25, -0.2) is 4.39 Å². The minimum absolute atomic E-state index is 0.0886. The Bertz CT molecular complexity index is 403. The Morgan fingerprint density at radius 3 is 2.32 bits per heavy atom. The lowest BCUT2D eigenvalue weighted by Crippen LogP contribution is -2.28. The van der Waals surface area contributed by atoms with E-state index >= 15 is 0 Å². The van der Waals surface area contributed by atoms with E-state index in [-0.39, 0.29) is 18.0 Å². The van der Waals surface area contributed by atoms with Gasteiger partial charge in [-0.05, 0) is 64.3 Å². The van der Waals surface area contributed by atoms with Crippen molar-refractivity contribution in [1.82, 2.24) is 0 Å². The van der Waals surface area contributed by atoms with Crippen LogP contribution in [0.4, 0.5) is 4.39 Å². The van der Waals surface area contributed by atoms with Crippen LogP contribution in [0.3, 0.4) is 0 Å². The number of rotatable bonds is 11. The molecule has 0 aliphatic heterocycles. The van der Waals surface area contributed by atoms with Crippen LogP contribution in [0.1, 0.15) is 46.1 Å². The number of hydrogen-bond donors (Lipinski definition) is 0. The Morgan fingerprint density at radius 2 is 1.73 bits per heavy atom. The lowest BCUT2D eigenvalue weighted by molar-refractivity contribution is -0.275. The van der Waals surface area contributed by atoms with Gasteiger partial charge in [0.15, 0.2) is 9.76 Å². The van der Waals surface area contributed by atoms with Crippen molar-refractivity contribution in [3.8, 4) is 0 Å². The van der Waals surface area contributed by atoms with Crippen molar-refractivity contribution in [3.05, 3.63) is 35.6 Å². The van der Waals surface area contributed by atoms with Crippen LogP contribution in [0.5, 0.6) is 0 Å². The summed E-state index contributed by atoms with van der Waals surface area (Å²) < 4.78 is 30.0. The molecule has 3 nitrogen and oxygen atoms in total. The average molecular weight is 329 g/mol. The van der Waals surface area contributed by atoms with Crippen LogP contribution in [0.15, 0.2) is 24.3 Å². The van der Waals surface area contributed by atoms with Crippen LogP contribution in [0.25, 0.3) is 0 Å². The predicted octanol–water partition coefficient (Wildman–Crippen LogP) is 3.80. The van der Waals surface area contributed by atoms with Crippen LogP contribution < -0.4 is 0 Å². The standard InChI is InChI=1S/C17H29FO3Si/c1-13(2)19-17(20-14(3)4)21-22-11-6-5-8-15-9-7-10-16(18)12-15/h7,9-10,12-14,17H,5-6,8,11,22H2,1-4H3. The molecule has 0 bridgehead atoms. The van der Waals surface area contributed by atoms with Crippen LogP contribution in [0, 0.1) is 5.82 Å². The van der Waals surface area contributed by atoms with Crippen LogP contribution in [0.2, 0.25) is 6.04 Å². The number of unbranched alkanes of at least 4 members (excludes halogenated alkanes) is 1. The summed E-state index contributed by atoms with van der Waals surface area (Å²) in [5.41, 5.74) is 1.06. The van der Waals surface area contributed by atoms with Gasteiger partial charge in [-0.15, -0.1) is 0 Å². The Hall–Kier alpha value is -0.753. The van der Waals surface area contributed by atoms with Gasteiger partial charge < -0.3 is 13.9 Å². The molecule has 5 heteroatoms. The maximum Gasteiger partial charge on any atom is 0.262 e. The van der Waals surface area contributed by atoms with Crippen molar-refractivity contribution in [1.29, 1.82) is 0 Å². The topological polar surface area (TPSA) is 27.7 Å². The highest BCUT2D eigenvalue weighted by molar-refractivity contribution is 6.27. The summed E-state index contributed by atoms with van der Waals surface area (Å²) in [5.74, 6) is -0.158. The fourth-order valence-corrected chi connectivity index (χ4v) is 3.11. The van der Waals surface area contributed by atoms with E-state index in [9.17, 15) is 4.39 Å². The fourth-order valence-electron chi connectivity index (χ4n) is 2.04. The van der Waals surface area contributed by atoms with Gasteiger partial charge in [-0.2, -0.15) is 0 Å². The van der Waals surface area contributed by atoms with Crippen molar-refractivity contribution in [2.75, 3.05) is 0 Å². The lowest BCUT2D eigenvalue weighted by Gasteiger charge is -2.23. The first-order valence-electron chi connectivity index (χ1n) is 8.14. The SMILES string of the molecule is CC(C)OC(O[SiH2]CCCCc1cccc(F)c1)OC(C)C. The van der Waals surface area contributed by atoms with Crippen LogP contribution in [-0.4, -0.2) is 28.4 Å². The molecule has 0 aromatic heterocycles. The van der Waals surface area contributed by atoms with Crippen LogP contribution in [-0.2, 0) is 20.3 Å². The molecule has 0 N–H and O–H groups in total. The van der Waals surface area contributed by atoms with E-state index < -0.39 is 16.2 Å². The molecule has 0 saturated heterocycles. The zero-order chi connectivity index (χ0) is 16.4. The van der Waals surface area contributed by atoms with Gasteiger partial charge in [-0.1, -0.05) is 18.6 Å². The molecule has 22 heavy (non-hydrogen) atoms. The normalized spacial score (nSPS) is 12.4. The van der Waals surface area contributed by atoms with Crippen LogP contribution >= 0.6 is 0 Å². The van der Waals surface area contributed by atoms with Gasteiger partial charge in [0.25, 0.3) is 6.48 Å². The largest absolute Gasteiger partial charge is 0.379 e. The Morgan fingerprint density at radius 1 is 1.05 bits per heavy atom. The predicted molar refractivity (Wildman–Crippen MR) is 90.0 cm³/mol. The number of ether oxygens (including phenoxy) is 2. The minimum atomic E-state index is -0.654. The number of hydrogen-bond acceptors (Lipinski definition) is 3. The summed E-state index contributed by atoms with van der Waals surface area (Å²) in [5, 5.41) is 0. The molecule has 0 amide bonds. The van der Waals surface area contributed by atoms with Gasteiger partial charge in [-0.3, -0.25) is 0 Å². The zero-order valence-corrected chi connectivity index (χ0v) is 15.6. The van der Waals surface area contributed by atoms with Gasteiger partial charge in [0.05, 0.1) is 12.2 Å². The quantitative estimate of drug-likeness (QED) is 0.351. The van der Waals surface area contributed by atoms with Crippen molar-refractivity contribution in [2.45, 2.75) is 71.7 Å². The minimum Gasteiger partial charge on any atom is -0.379 e. The second-order valence-electron chi connectivity index (χ2n) is 5.97. The second kappa shape index (κ2) is 10.9. The molecule has 1 aromatic carbocycles. The van der Waals surface area contributed by atoms with Crippen molar-refractivity contribution < 1.29 is 18.3 Å². The van der Waals surface area contributed by atoms with E-state index in [1.165, 1.54) is 6.07 Å². The third kappa shape index (κ3) is 9.30. The van der Waals surface area contributed by atoms with E-state index in [0.29, 0.717) is 0 Å². The molecule has 0 heterocycles. The summed E-state index contributed by atoms with van der Waals surface area (Å²) in [6.45, 7) is 7.36. The molecule has 126 valence electrons. The van der Waals surface area contributed by atoms with Gasteiger partial charge in [0, 0.05) is 0 Å². The molecule has 0 atom stereocenters. The van der Waals surface area contributed by atoms with Gasteiger partial charge >= 0.3 is 0 Å². The molecule has 0 unspecified atom stereocenters. The highest BCUT2D eigenvalue weighted by atomic mass is 28.2. The van der Waals surface area contributed by atoms with E-state index in [2.05, 4.69) is 0 Å². The second-order valence-corrected chi connectivity index (χ2v) is 7.42. The smallest absolute Gasteiger partial charge is 0.262 e. The first kappa shape index (κ1) is 19.3. The molecule has 0 aliphatic rings. The van der Waals surface area contributed by atoms with Gasteiger partial charge in [0.2, 0.25) is 0 Å².